The summed E-state index contributed by atoms with van der Waals surface area (Å²) in [5, 5.41) is 2.08. The van der Waals surface area contributed by atoms with Crippen LogP contribution in [-0.2, 0) is 14.3 Å². The molecule has 96 valence electrons. The molecule has 1 aromatic rings. The number of carbonyl (C=O) groups is 2. The molecule has 2 rings (SSSR count). The van der Waals surface area contributed by atoms with Gasteiger partial charge in [0, 0.05) is 12.6 Å². The van der Waals surface area contributed by atoms with Crippen molar-refractivity contribution in [2.45, 2.75) is 18.9 Å². The summed E-state index contributed by atoms with van der Waals surface area (Å²) in [6.45, 7) is 0.645. The van der Waals surface area contributed by atoms with Crippen LogP contribution in [0.3, 0.4) is 0 Å². The van der Waals surface area contributed by atoms with Gasteiger partial charge in [0.15, 0.2) is 5.82 Å². The second kappa shape index (κ2) is 5.68. The van der Waals surface area contributed by atoms with Crippen LogP contribution in [0.4, 0.5) is 5.82 Å². The number of anilines is 1. The molecule has 7 heteroatoms. The molecule has 0 spiro atoms. The number of nitrogens with zero attached hydrogens (tertiary/aromatic N) is 2. The summed E-state index contributed by atoms with van der Waals surface area (Å²) in [5.41, 5.74) is 2.69. The van der Waals surface area contributed by atoms with Crippen LogP contribution in [0.5, 0.6) is 0 Å². The summed E-state index contributed by atoms with van der Waals surface area (Å²) in [4.78, 5) is 25.7. The molecule has 1 amide bonds. The first-order valence-corrected chi connectivity index (χ1v) is 5.84. The molecule has 0 radical (unpaired) electrons. The van der Waals surface area contributed by atoms with E-state index in [9.17, 15) is 9.59 Å². The van der Waals surface area contributed by atoms with Gasteiger partial charge in [-0.3, -0.25) is 20.0 Å². The maximum atomic E-state index is 11.4. The van der Waals surface area contributed by atoms with E-state index < -0.39 is 0 Å². The van der Waals surface area contributed by atoms with Gasteiger partial charge in [0.25, 0.3) is 6.47 Å². The van der Waals surface area contributed by atoms with Crippen molar-refractivity contribution in [1.82, 2.24) is 10.4 Å². The molecule has 0 saturated carbocycles. The minimum absolute atomic E-state index is 0.104. The Kier molecular flexibility index (Phi) is 3.99. The molecule has 1 saturated heterocycles. The summed E-state index contributed by atoms with van der Waals surface area (Å²) < 4.78 is 4.65. The van der Waals surface area contributed by atoms with Crippen molar-refractivity contribution >= 4 is 29.8 Å². The molecule has 1 aromatic heterocycles. The number of pyridine rings is 1. The second-order valence-corrected chi connectivity index (χ2v) is 4.23. The average Bonchev–Trinajstić information content (AvgIpc) is 2.71. The number of rotatable bonds is 5. The van der Waals surface area contributed by atoms with E-state index in [0.717, 1.165) is 0 Å². The molecule has 1 atom stereocenters. The Labute approximate surface area is 109 Å². The summed E-state index contributed by atoms with van der Waals surface area (Å²) in [5.74, 6) is 0.397. The van der Waals surface area contributed by atoms with Gasteiger partial charge in [-0.15, -0.1) is 0 Å². The fourth-order valence-corrected chi connectivity index (χ4v) is 2.05. The lowest BCUT2D eigenvalue weighted by molar-refractivity contribution is -0.128. The van der Waals surface area contributed by atoms with Gasteiger partial charge in [-0.25, -0.2) is 4.98 Å². The van der Waals surface area contributed by atoms with E-state index in [1.807, 2.05) is 0 Å². The number of carbonyl (C=O) groups excluding carboxylic acids is 2. The van der Waals surface area contributed by atoms with E-state index in [0.29, 0.717) is 30.2 Å². The molecule has 6 nitrogen and oxygen atoms in total. The van der Waals surface area contributed by atoms with Crippen molar-refractivity contribution in [3.63, 3.8) is 0 Å². The summed E-state index contributed by atoms with van der Waals surface area (Å²) in [6.07, 6.45) is 2.46. The SMILES string of the molecule is O=COCCC1CC(=O)NN1c1ncccc1Cl. The highest BCUT2D eigenvalue weighted by atomic mass is 35.5. The molecule has 0 aliphatic carbocycles. The predicted octanol–water partition coefficient (Wildman–Crippen LogP) is 0.908. The zero-order valence-electron chi connectivity index (χ0n) is 9.51. The third-order valence-electron chi connectivity index (χ3n) is 2.64. The van der Waals surface area contributed by atoms with E-state index in [2.05, 4.69) is 15.1 Å². The van der Waals surface area contributed by atoms with Gasteiger partial charge in [-0.1, -0.05) is 11.6 Å². The van der Waals surface area contributed by atoms with Crippen LogP contribution in [0.1, 0.15) is 12.8 Å². The Morgan fingerprint density at radius 3 is 3.22 bits per heavy atom. The van der Waals surface area contributed by atoms with E-state index in [1.165, 1.54) is 0 Å². The number of hydrogen-bond acceptors (Lipinski definition) is 5. The monoisotopic (exact) mass is 269 g/mol. The topological polar surface area (TPSA) is 71.5 Å². The fourth-order valence-electron chi connectivity index (χ4n) is 1.84. The number of ether oxygens (including phenoxy) is 1. The van der Waals surface area contributed by atoms with Crippen LogP contribution in [0.15, 0.2) is 18.3 Å². The quantitative estimate of drug-likeness (QED) is 0.635. The molecule has 0 aromatic carbocycles. The third kappa shape index (κ3) is 2.70. The molecule has 18 heavy (non-hydrogen) atoms. The number of hydrogen-bond donors (Lipinski definition) is 1. The van der Waals surface area contributed by atoms with Gasteiger partial charge >= 0.3 is 0 Å². The van der Waals surface area contributed by atoms with Crippen molar-refractivity contribution in [3.8, 4) is 0 Å². The number of hydrazine groups is 1. The third-order valence-corrected chi connectivity index (χ3v) is 2.93. The minimum atomic E-state index is -0.121. The fraction of sp³-hybridized carbons (Fsp3) is 0.364. The Balaban J connectivity index is 2.12. The van der Waals surface area contributed by atoms with E-state index in [1.54, 1.807) is 23.3 Å². The van der Waals surface area contributed by atoms with Crippen LogP contribution in [0.2, 0.25) is 5.02 Å². The standard InChI is InChI=1S/C11H12ClN3O3/c12-9-2-1-4-13-11(9)15-8(3-5-18-7-16)6-10(17)14-15/h1-2,4,7-8H,3,5-6H2,(H,14,17). The van der Waals surface area contributed by atoms with Crippen molar-refractivity contribution in [2.24, 2.45) is 0 Å². The molecular weight excluding hydrogens is 258 g/mol. The van der Waals surface area contributed by atoms with Crippen molar-refractivity contribution in [1.29, 1.82) is 0 Å². The predicted molar refractivity (Wildman–Crippen MR) is 64.9 cm³/mol. The van der Waals surface area contributed by atoms with Crippen molar-refractivity contribution < 1.29 is 14.3 Å². The van der Waals surface area contributed by atoms with Crippen molar-refractivity contribution in [2.75, 3.05) is 11.6 Å². The van der Waals surface area contributed by atoms with Crippen LogP contribution in [0, 0.1) is 0 Å². The summed E-state index contributed by atoms with van der Waals surface area (Å²) in [6, 6.07) is 3.30. The zero-order valence-corrected chi connectivity index (χ0v) is 10.3. The van der Waals surface area contributed by atoms with Crippen LogP contribution < -0.4 is 10.4 Å². The Hall–Kier alpha value is -1.82. The lowest BCUT2D eigenvalue weighted by Gasteiger charge is -2.24. The van der Waals surface area contributed by atoms with E-state index in [4.69, 9.17) is 11.6 Å². The molecule has 0 bridgehead atoms. The normalized spacial score (nSPS) is 18.6. The van der Waals surface area contributed by atoms with Crippen LogP contribution >= 0.6 is 11.6 Å². The molecule has 1 fully saturated rings. The molecular formula is C11H12ClN3O3. The number of aromatic nitrogens is 1. The Morgan fingerprint density at radius 2 is 2.50 bits per heavy atom. The highest BCUT2D eigenvalue weighted by molar-refractivity contribution is 6.33. The molecule has 1 unspecified atom stereocenters. The lowest BCUT2D eigenvalue weighted by atomic mass is 10.1. The lowest BCUT2D eigenvalue weighted by Crippen LogP contribution is -2.39. The number of nitrogens with one attached hydrogen (secondary N) is 1. The molecule has 1 N–H and O–H groups in total. The van der Waals surface area contributed by atoms with Crippen LogP contribution in [-0.4, -0.2) is 30.0 Å². The first-order chi connectivity index (χ1) is 8.72. The Bertz CT molecular complexity index is 455. The van der Waals surface area contributed by atoms with E-state index >= 15 is 0 Å². The highest BCUT2D eigenvalue weighted by Crippen LogP contribution is 2.27. The second-order valence-electron chi connectivity index (χ2n) is 3.83. The smallest absolute Gasteiger partial charge is 0.293 e. The zero-order chi connectivity index (χ0) is 13.0. The molecule has 1 aliphatic rings. The van der Waals surface area contributed by atoms with Gasteiger partial charge in [0.05, 0.1) is 24.1 Å². The minimum Gasteiger partial charge on any atom is -0.468 e. The molecule has 2 heterocycles. The molecule has 1 aliphatic heterocycles. The largest absolute Gasteiger partial charge is 0.468 e. The van der Waals surface area contributed by atoms with Gasteiger partial charge < -0.3 is 4.74 Å². The maximum absolute atomic E-state index is 11.4. The highest BCUT2D eigenvalue weighted by Gasteiger charge is 2.32. The van der Waals surface area contributed by atoms with Gasteiger partial charge in [-0.2, -0.15) is 0 Å². The van der Waals surface area contributed by atoms with Gasteiger partial charge in [0.2, 0.25) is 5.91 Å². The van der Waals surface area contributed by atoms with Gasteiger partial charge in [-0.05, 0) is 12.1 Å². The first-order valence-electron chi connectivity index (χ1n) is 5.47. The summed E-state index contributed by atoms with van der Waals surface area (Å²) >= 11 is 6.04. The number of halogens is 1. The average molecular weight is 270 g/mol. The van der Waals surface area contributed by atoms with E-state index in [-0.39, 0.29) is 18.6 Å². The summed E-state index contributed by atoms with van der Waals surface area (Å²) in [7, 11) is 0. The Morgan fingerprint density at radius 1 is 1.67 bits per heavy atom. The van der Waals surface area contributed by atoms with Crippen LogP contribution in [0.25, 0.3) is 0 Å². The maximum Gasteiger partial charge on any atom is 0.293 e. The number of amides is 1. The van der Waals surface area contributed by atoms with Gasteiger partial charge in [0.1, 0.15) is 0 Å². The first kappa shape index (κ1) is 12.6. The van der Waals surface area contributed by atoms with Crippen molar-refractivity contribution in [3.05, 3.63) is 23.4 Å².